The first kappa shape index (κ1) is 22.3. The summed E-state index contributed by atoms with van der Waals surface area (Å²) in [6.45, 7) is 2.10. The molecule has 170 valence electrons. The van der Waals surface area contributed by atoms with Crippen molar-refractivity contribution in [3.05, 3.63) is 93.4 Å². The molecule has 1 aliphatic rings. The molecule has 2 aromatic carbocycles. The number of rotatable bonds is 5. The van der Waals surface area contributed by atoms with Crippen molar-refractivity contribution in [2.24, 2.45) is 7.05 Å². The Morgan fingerprint density at radius 2 is 1.88 bits per heavy atom. The van der Waals surface area contributed by atoms with Gasteiger partial charge in [-0.2, -0.15) is 0 Å². The molecule has 4 rings (SSSR count). The fourth-order valence-corrected chi connectivity index (χ4v) is 3.75. The van der Waals surface area contributed by atoms with Gasteiger partial charge < -0.3 is 24.8 Å². The highest BCUT2D eigenvalue weighted by atomic mass is 16.6. The first-order valence-corrected chi connectivity index (χ1v) is 10.7. The number of hydrogen-bond acceptors (Lipinski definition) is 5. The van der Waals surface area contributed by atoms with E-state index in [-0.39, 0.29) is 23.8 Å². The van der Waals surface area contributed by atoms with Gasteiger partial charge in [0.15, 0.2) is 0 Å². The second-order valence-corrected chi connectivity index (χ2v) is 8.18. The number of nitrogens with one attached hydrogen (secondary N) is 2. The van der Waals surface area contributed by atoms with Crippen LogP contribution in [0.2, 0.25) is 0 Å². The van der Waals surface area contributed by atoms with Crippen LogP contribution in [0.15, 0.2) is 65.6 Å². The molecule has 0 aliphatic carbocycles. The lowest BCUT2D eigenvalue weighted by atomic mass is 9.99. The molecule has 3 aromatic rings. The number of pyridine rings is 1. The third-order valence-corrected chi connectivity index (χ3v) is 5.56. The van der Waals surface area contributed by atoms with Crippen molar-refractivity contribution in [2.75, 3.05) is 18.9 Å². The van der Waals surface area contributed by atoms with Gasteiger partial charge in [0.25, 0.3) is 11.5 Å². The van der Waals surface area contributed by atoms with Crippen molar-refractivity contribution in [2.45, 2.75) is 19.5 Å². The minimum Gasteiger partial charge on any atom is -0.409 e. The molecule has 0 spiro atoms. The lowest BCUT2D eigenvalue weighted by Gasteiger charge is -2.25. The number of fused-ring (bicyclic) bond motifs is 1. The van der Waals surface area contributed by atoms with Crippen molar-refractivity contribution >= 4 is 17.7 Å². The number of carbonyl (C=O) groups is 2. The first-order valence-electron chi connectivity index (χ1n) is 10.7. The van der Waals surface area contributed by atoms with Gasteiger partial charge in [0.05, 0.1) is 0 Å². The predicted octanol–water partition coefficient (Wildman–Crippen LogP) is 2.91. The number of aromatic nitrogens is 1. The molecule has 0 bridgehead atoms. The van der Waals surface area contributed by atoms with Gasteiger partial charge >= 0.3 is 6.09 Å². The van der Waals surface area contributed by atoms with E-state index in [0.29, 0.717) is 5.56 Å². The van der Waals surface area contributed by atoms with E-state index in [1.54, 1.807) is 25.2 Å². The lowest BCUT2D eigenvalue weighted by molar-refractivity contribution is 0.102. The van der Waals surface area contributed by atoms with Gasteiger partial charge in [0.1, 0.15) is 5.75 Å². The Labute approximate surface area is 191 Å². The summed E-state index contributed by atoms with van der Waals surface area (Å²) in [7, 11) is 3.66. The summed E-state index contributed by atoms with van der Waals surface area (Å²) in [6.07, 6.45) is 1.80. The Kier molecular flexibility index (Phi) is 6.55. The molecule has 0 saturated heterocycles. The maximum absolute atomic E-state index is 12.8. The highest BCUT2D eigenvalue weighted by Crippen LogP contribution is 2.22. The Balaban J connectivity index is 1.35. The average Bonchev–Trinajstić information content (AvgIpc) is 2.80. The number of carbonyl (C=O) groups excluding carboxylic acids is 2. The van der Waals surface area contributed by atoms with Crippen molar-refractivity contribution in [3.63, 3.8) is 0 Å². The topological polar surface area (TPSA) is 92.7 Å². The van der Waals surface area contributed by atoms with Crippen LogP contribution in [0.1, 0.15) is 27.0 Å². The molecule has 0 radical (unpaired) electrons. The van der Waals surface area contributed by atoms with Gasteiger partial charge in [-0.1, -0.05) is 18.2 Å². The van der Waals surface area contributed by atoms with E-state index >= 15 is 0 Å². The first-order chi connectivity index (χ1) is 15.9. The molecular formula is C25H26N4O4. The third kappa shape index (κ3) is 5.67. The maximum atomic E-state index is 12.8. The molecule has 0 atom stereocenters. The van der Waals surface area contributed by atoms with Crippen LogP contribution in [0.5, 0.6) is 5.75 Å². The normalized spacial score (nSPS) is 13.2. The molecule has 2 heterocycles. The number of likely N-dealkylation sites (N-methyl/N-ethyl adjacent to an activating group) is 1. The van der Waals surface area contributed by atoms with Gasteiger partial charge in [-0.25, -0.2) is 4.79 Å². The lowest BCUT2D eigenvalue weighted by Crippen LogP contribution is -2.27. The quantitative estimate of drug-likeness (QED) is 0.629. The molecule has 8 nitrogen and oxygen atoms in total. The fourth-order valence-electron chi connectivity index (χ4n) is 3.75. The van der Waals surface area contributed by atoms with E-state index in [1.807, 2.05) is 18.2 Å². The van der Waals surface area contributed by atoms with Crippen molar-refractivity contribution < 1.29 is 14.3 Å². The molecule has 1 aromatic heterocycles. The summed E-state index contributed by atoms with van der Waals surface area (Å²) >= 11 is 0. The van der Waals surface area contributed by atoms with Crippen molar-refractivity contribution in [1.29, 1.82) is 0 Å². The Hall–Kier alpha value is -3.91. The smallest absolute Gasteiger partial charge is 0.409 e. The molecule has 0 saturated carbocycles. The zero-order valence-corrected chi connectivity index (χ0v) is 18.6. The van der Waals surface area contributed by atoms with Crippen LogP contribution >= 0.6 is 0 Å². The molecule has 2 amide bonds. The van der Waals surface area contributed by atoms with E-state index in [1.165, 1.54) is 34.0 Å². The second kappa shape index (κ2) is 9.70. The molecule has 8 heteroatoms. The average molecular weight is 447 g/mol. The number of amides is 2. The zero-order chi connectivity index (χ0) is 23.4. The minimum absolute atomic E-state index is 0.191. The SMILES string of the molecule is CN1CCc2ccc(NC(=O)c3cccc(CNC(=O)Oc4ccc(=O)n(C)c4)c3)cc2C1. The van der Waals surface area contributed by atoms with Gasteiger partial charge in [-0.15, -0.1) is 0 Å². The van der Waals surface area contributed by atoms with E-state index in [2.05, 4.69) is 28.6 Å². The highest BCUT2D eigenvalue weighted by Gasteiger charge is 2.15. The van der Waals surface area contributed by atoms with E-state index in [4.69, 9.17) is 4.74 Å². The Bertz CT molecular complexity index is 1250. The number of anilines is 1. The van der Waals surface area contributed by atoms with Crippen LogP contribution in [0.25, 0.3) is 0 Å². The summed E-state index contributed by atoms with van der Waals surface area (Å²) in [6, 6.07) is 15.9. The Morgan fingerprint density at radius 1 is 1.03 bits per heavy atom. The molecular weight excluding hydrogens is 420 g/mol. The fraction of sp³-hybridized carbons (Fsp3) is 0.240. The number of benzene rings is 2. The van der Waals surface area contributed by atoms with Crippen LogP contribution in [-0.2, 0) is 26.6 Å². The molecule has 0 unspecified atom stereocenters. The highest BCUT2D eigenvalue weighted by molar-refractivity contribution is 6.04. The Morgan fingerprint density at radius 3 is 2.70 bits per heavy atom. The zero-order valence-electron chi connectivity index (χ0n) is 18.6. The van der Waals surface area contributed by atoms with E-state index < -0.39 is 6.09 Å². The molecule has 2 N–H and O–H groups in total. The standard InChI is InChI=1S/C25H26N4O4/c1-28-11-10-18-6-7-21(13-20(18)15-28)27-24(31)19-5-3-4-17(12-19)14-26-25(32)33-22-8-9-23(30)29(2)16-22/h3-9,12-13,16H,10-11,14-15H2,1-2H3,(H,26,32)(H,27,31). The largest absolute Gasteiger partial charge is 0.412 e. The molecule has 0 fully saturated rings. The van der Waals surface area contributed by atoms with Gasteiger partial charge in [-0.05, 0) is 60.5 Å². The van der Waals surface area contributed by atoms with E-state index in [0.717, 1.165) is 30.8 Å². The summed E-state index contributed by atoms with van der Waals surface area (Å²) in [5.41, 5.74) is 4.38. The minimum atomic E-state index is -0.650. The van der Waals surface area contributed by atoms with Crippen LogP contribution in [-0.4, -0.2) is 35.1 Å². The number of nitrogens with zero attached hydrogens (tertiary/aromatic N) is 2. The van der Waals surface area contributed by atoms with Crippen LogP contribution < -0.4 is 20.9 Å². The number of aryl methyl sites for hydroxylation is 1. The van der Waals surface area contributed by atoms with Gasteiger partial charge in [-0.3, -0.25) is 9.59 Å². The summed E-state index contributed by atoms with van der Waals surface area (Å²) in [5, 5.41) is 5.61. The van der Waals surface area contributed by atoms with Gasteiger partial charge in [0.2, 0.25) is 0 Å². The van der Waals surface area contributed by atoms with Crippen molar-refractivity contribution in [3.8, 4) is 5.75 Å². The van der Waals surface area contributed by atoms with E-state index in [9.17, 15) is 14.4 Å². The van der Waals surface area contributed by atoms with Crippen LogP contribution in [0.3, 0.4) is 0 Å². The molecule has 33 heavy (non-hydrogen) atoms. The van der Waals surface area contributed by atoms with Crippen LogP contribution in [0, 0.1) is 0 Å². The summed E-state index contributed by atoms with van der Waals surface area (Å²) < 4.78 is 6.51. The summed E-state index contributed by atoms with van der Waals surface area (Å²) in [5.74, 6) is 0.0488. The monoisotopic (exact) mass is 446 g/mol. The second-order valence-electron chi connectivity index (χ2n) is 8.18. The molecule has 1 aliphatic heterocycles. The van der Waals surface area contributed by atoms with Crippen molar-refractivity contribution in [1.82, 2.24) is 14.8 Å². The van der Waals surface area contributed by atoms with Gasteiger partial charge in [0, 0.05) is 50.2 Å². The predicted molar refractivity (Wildman–Crippen MR) is 125 cm³/mol. The van der Waals surface area contributed by atoms with Crippen LogP contribution in [0.4, 0.5) is 10.5 Å². The number of hydrogen-bond donors (Lipinski definition) is 2. The third-order valence-electron chi connectivity index (χ3n) is 5.56. The summed E-state index contributed by atoms with van der Waals surface area (Å²) in [4.78, 5) is 38.5. The number of ether oxygens (including phenoxy) is 1. The maximum Gasteiger partial charge on any atom is 0.412 e.